The van der Waals surface area contributed by atoms with Crippen LogP contribution in [0.15, 0.2) is 54.7 Å². The number of ether oxygens (including phenoxy) is 1. The van der Waals surface area contributed by atoms with E-state index in [0.29, 0.717) is 18.7 Å². The summed E-state index contributed by atoms with van der Waals surface area (Å²) in [5, 5.41) is 10.5. The van der Waals surface area contributed by atoms with Crippen LogP contribution in [0.2, 0.25) is 0 Å². The van der Waals surface area contributed by atoms with Crippen molar-refractivity contribution < 1.29 is 45.8 Å². The van der Waals surface area contributed by atoms with Gasteiger partial charge in [-0.05, 0) is 84.8 Å². The van der Waals surface area contributed by atoms with Crippen molar-refractivity contribution in [1.29, 1.82) is 0 Å². The van der Waals surface area contributed by atoms with Gasteiger partial charge >= 0.3 is 18.5 Å². The molecule has 9 nitrogen and oxygen atoms in total. The van der Waals surface area contributed by atoms with Gasteiger partial charge in [-0.3, -0.25) is 4.79 Å². The number of carboxylic acid groups (broad SMARTS) is 1. The normalized spacial score (nSPS) is 15.6. The Morgan fingerprint density at radius 1 is 0.956 bits per heavy atom. The minimum absolute atomic E-state index is 0.202. The van der Waals surface area contributed by atoms with Crippen LogP contribution >= 0.6 is 0 Å². The van der Waals surface area contributed by atoms with E-state index in [9.17, 15) is 31.1 Å². The van der Waals surface area contributed by atoms with Gasteiger partial charge in [-0.2, -0.15) is 13.2 Å². The molecule has 6 rings (SSSR count). The molecule has 0 unspecified atom stereocenters. The molecule has 0 atom stereocenters. The van der Waals surface area contributed by atoms with Crippen molar-refractivity contribution in [2.75, 3.05) is 19.6 Å². The van der Waals surface area contributed by atoms with Crippen molar-refractivity contribution in [3.63, 3.8) is 0 Å². The van der Waals surface area contributed by atoms with E-state index in [2.05, 4.69) is 38.2 Å². The molecule has 1 saturated heterocycles. The molecule has 2 aliphatic heterocycles. The molecule has 2 aliphatic rings. The Morgan fingerprint density at radius 2 is 1.64 bits per heavy atom. The molecule has 0 radical (unpaired) electrons. The minimum atomic E-state index is -5.08. The van der Waals surface area contributed by atoms with Crippen molar-refractivity contribution in [2.45, 2.75) is 44.3 Å². The lowest BCUT2D eigenvalue weighted by Crippen LogP contribution is -2.38. The summed E-state index contributed by atoms with van der Waals surface area (Å²) in [5.74, 6) is -2.29. The van der Waals surface area contributed by atoms with Crippen molar-refractivity contribution in [3.05, 3.63) is 77.0 Å². The zero-order chi connectivity index (χ0) is 32.4. The molecule has 4 aromatic rings. The van der Waals surface area contributed by atoms with Gasteiger partial charge in [0.1, 0.15) is 17.1 Å². The third-order valence-corrected chi connectivity index (χ3v) is 7.58. The summed E-state index contributed by atoms with van der Waals surface area (Å²) in [6.07, 6.45) is -5.54. The zero-order valence-corrected chi connectivity index (χ0v) is 23.5. The van der Waals surface area contributed by atoms with E-state index in [-0.39, 0.29) is 17.6 Å². The van der Waals surface area contributed by atoms with E-state index >= 15 is 0 Å². The van der Waals surface area contributed by atoms with E-state index in [4.69, 9.17) is 14.9 Å². The van der Waals surface area contributed by atoms with E-state index < -0.39 is 18.5 Å². The van der Waals surface area contributed by atoms with Crippen LogP contribution in [0.4, 0.5) is 26.3 Å². The number of hydrogen-bond donors (Lipinski definition) is 3. The molecular formula is C30H27F6N5O4. The predicted molar refractivity (Wildman–Crippen MR) is 149 cm³/mol. The first kappa shape index (κ1) is 31.8. The lowest BCUT2D eigenvalue weighted by Gasteiger charge is -2.32. The third kappa shape index (κ3) is 7.71. The summed E-state index contributed by atoms with van der Waals surface area (Å²) in [5.41, 5.74) is 6.75. The Hall–Kier alpha value is -4.66. The topological polar surface area (TPSA) is 120 Å². The number of likely N-dealkylation sites (tertiary alicyclic amines) is 1. The van der Waals surface area contributed by atoms with Crippen molar-refractivity contribution in [1.82, 2.24) is 25.2 Å². The maximum absolute atomic E-state index is 12.9. The van der Waals surface area contributed by atoms with Crippen molar-refractivity contribution in [3.8, 4) is 17.1 Å². The second kappa shape index (κ2) is 12.8. The number of amides is 1. The maximum Gasteiger partial charge on any atom is 0.573 e. The average molecular weight is 636 g/mol. The first-order valence-corrected chi connectivity index (χ1v) is 13.9. The fourth-order valence-electron chi connectivity index (χ4n) is 5.40. The van der Waals surface area contributed by atoms with E-state index in [1.54, 1.807) is 11.1 Å². The smallest absolute Gasteiger partial charge is 0.475 e. The number of rotatable bonds is 4. The molecule has 2 aromatic carbocycles. The zero-order valence-electron chi connectivity index (χ0n) is 23.5. The van der Waals surface area contributed by atoms with Crippen LogP contribution in [0, 0.1) is 0 Å². The highest BCUT2D eigenvalue weighted by Crippen LogP contribution is 2.34. The van der Waals surface area contributed by atoms with Crippen molar-refractivity contribution >= 4 is 23.0 Å². The standard InChI is InChI=1S/C28H26F3N5O2.C2HF3O2/c29-28(30,31)38-22-5-3-18(4-6-22)27(37)36-13-9-17(10-14-36)23-8-12-33-26-24(23)34-25(35-26)20-1-2-21-16-32-11-7-19(21)15-20;3-2(4,5)1(6)7/h1-6,8,12,15,17,32H,7,9-11,13-14,16H2,(H,33,34,35);(H,6,7). The molecule has 0 spiro atoms. The first-order valence-electron chi connectivity index (χ1n) is 13.9. The molecule has 0 saturated carbocycles. The number of nitrogens with one attached hydrogen (secondary N) is 2. The van der Waals surface area contributed by atoms with Gasteiger partial charge in [0.2, 0.25) is 0 Å². The highest BCUT2D eigenvalue weighted by atomic mass is 19.4. The molecule has 2 aromatic heterocycles. The molecule has 0 aliphatic carbocycles. The van der Waals surface area contributed by atoms with Gasteiger partial charge in [-0.15, -0.1) is 13.2 Å². The number of nitrogens with zero attached hydrogens (tertiary/aromatic N) is 3. The number of carboxylic acids is 1. The molecule has 3 N–H and O–H groups in total. The van der Waals surface area contributed by atoms with Gasteiger partial charge < -0.3 is 25.0 Å². The van der Waals surface area contributed by atoms with Crippen LogP contribution in [0.5, 0.6) is 5.75 Å². The number of halogens is 6. The summed E-state index contributed by atoms with van der Waals surface area (Å²) >= 11 is 0. The number of fused-ring (bicyclic) bond motifs is 2. The first-order chi connectivity index (χ1) is 21.3. The number of H-pyrrole nitrogens is 1. The van der Waals surface area contributed by atoms with Gasteiger partial charge in [-0.1, -0.05) is 12.1 Å². The molecule has 4 heterocycles. The van der Waals surface area contributed by atoms with Gasteiger partial charge in [-0.25, -0.2) is 14.8 Å². The Labute approximate surface area is 252 Å². The quantitative estimate of drug-likeness (QED) is 0.242. The number of aromatic amines is 1. The van der Waals surface area contributed by atoms with Gasteiger partial charge in [0.05, 0.1) is 0 Å². The Balaban J connectivity index is 0.000000515. The molecule has 15 heteroatoms. The summed E-state index contributed by atoms with van der Waals surface area (Å²) < 4.78 is 72.8. The van der Waals surface area contributed by atoms with Crippen LogP contribution in [-0.2, 0) is 17.8 Å². The average Bonchev–Trinajstić information content (AvgIpc) is 3.45. The number of aliphatic carboxylic acids is 1. The number of piperidine rings is 1. The minimum Gasteiger partial charge on any atom is -0.475 e. The summed E-state index contributed by atoms with van der Waals surface area (Å²) in [6.45, 7) is 2.95. The number of alkyl halides is 6. The number of imidazole rings is 1. The van der Waals surface area contributed by atoms with E-state index in [1.807, 2.05) is 6.07 Å². The lowest BCUT2D eigenvalue weighted by molar-refractivity contribution is -0.274. The van der Waals surface area contributed by atoms with Crippen LogP contribution < -0.4 is 10.1 Å². The molecule has 45 heavy (non-hydrogen) atoms. The van der Waals surface area contributed by atoms with Gasteiger partial charge in [0, 0.05) is 37.0 Å². The summed E-state index contributed by atoms with van der Waals surface area (Å²) in [4.78, 5) is 36.4. The fraction of sp³-hybridized carbons (Fsp3) is 0.333. The van der Waals surface area contributed by atoms with Gasteiger partial charge in [0.15, 0.2) is 5.65 Å². The largest absolute Gasteiger partial charge is 0.573 e. The number of carbonyl (C=O) groups is 2. The SMILES string of the molecule is O=C(O)C(F)(F)F.O=C(c1ccc(OC(F)(F)F)cc1)N1CCC(c2ccnc3[nH]c(-c4ccc5c(c4)CCNC5)nc23)CC1. The fourth-order valence-corrected chi connectivity index (χ4v) is 5.40. The summed E-state index contributed by atoms with van der Waals surface area (Å²) in [7, 11) is 0. The number of aromatic nitrogens is 3. The number of hydrogen-bond acceptors (Lipinski definition) is 6. The molecule has 0 bridgehead atoms. The second-order valence-electron chi connectivity index (χ2n) is 10.5. The predicted octanol–water partition coefficient (Wildman–Crippen LogP) is 5.82. The van der Waals surface area contributed by atoms with Gasteiger partial charge in [0.25, 0.3) is 5.91 Å². The van der Waals surface area contributed by atoms with Crippen LogP contribution in [0.3, 0.4) is 0 Å². The van der Waals surface area contributed by atoms with E-state index in [1.165, 1.54) is 23.3 Å². The van der Waals surface area contributed by atoms with Crippen LogP contribution in [0.1, 0.15) is 45.8 Å². The Morgan fingerprint density at radius 3 is 2.29 bits per heavy atom. The maximum atomic E-state index is 12.9. The molecule has 238 valence electrons. The van der Waals surface area contributed by atoms with E-state index in [0.717, 1.165) is 72.6 Å². The Kier molecular flexibility index (Phi) is 9.00. The monoisotopic (exact) mass is 635 g/mol. The van der Waals surface area contributed by atoms with Crippen LogP contribution in [-0.4, -0.2) is 69.0 Å². The molecular weight excluding hydrogens is 608 g/mol. The number of benzene rings is 2. The Bertz CT molecular complexity index is 1680. The van der Waals surface area contributed by atoms with Crippen molar-refractivity contribution in [2.24, 2.45) is 0 Å². The molecule has 1 fully saturated rings. The molecule has 1 amide bonds. The summed E-state index contributed by atoms with van der Waals surface area (Å²) in [6, 6.07) is 13.5. The van der Waals surface area contributed by atoms with Crippen LogP contribution in [0.25, 0.3) is 22.6 Å². The highest BCUT2D eigenvalue weighted by molar-refractivity contribution is 5.94. The lowest BCUT2D eigenvalue weighted by atomic mass is 9.89. The number of carbonyl (C=O) groups excluding carboxylic acids is 1. The highest BCUT2D eigenvalue weighted by Gasteiger charge is 2.38. The third-order valence-electron chi connectivity index (χ3n) is 7.58. The number of pyridine rings is 1. The second-order valence-corrected chi connectivity index (χ2v) is 10.5.